The van der Waals surface area contributed by atoms with Gasteiger partial charge in [-0.05, 0) is 42.8 Å². The monoisotopic (exact) mass is 323 g/mol. The Kier molecular flexibility index (Phi) is 4.45. The molecule has 0 atom stereocenters. The Labute approximate surface area is 138 Å². The van der Waals surface area contributed by atoms with E-state index in [-0.39, 0.29) is 5.82 Å². The van der Waals surface area contributed by atoms with E-state index in [1.54, 1.807) is 12.1 Å². The number of thioether (sulfide) groups is 1. The highest BCUT2D eigenvalue weighted by Gasteiger charge is 2.17. The van der Waals surface area contributed by atoms with E-state index in [1.807, 2.05) is 35.8 Å². The zero-order valence-electron chi connectivity index (χ0n) is 12.5. The normalized spacial score (nSPS) is 10.5. The number of halogens is 1. The Morgan fingerprint density at radius 3 is 2.57 bits per heavy atom. The third-order valence-electron chi connectivity index (χ3n) is 3.38. The summed E-state index contributed by atoms with van der Waals surface area (Å²) in [6, 6.07) is 14.2. The smallest absolute Gasteiger partial charge is 0.197 e. The van der Waals surface area contributed by atoms with Gasteiger partial charge in [0.05, 0.1) is 11.4 Å². The van der Waals surface area contributed by atoms with Crippen molar-refractivity contribution >= 4 is 11.8 Å². The minimum Gasteiger partial charge on any atom is -0.270 e. The summed E-state index contributed by atoms with van der Waals surface area (Å²) >= 11 is 1.45. The molecule has 0 amide bonds. The van der Waals surface area contributed by atoms with Gasteiger partial charge in [0, 0.05) is 5.56 Å². The first-order valence-electron chi connectivity index (χ1n) is 7.04. The van der Waals surface area contributed by atoms with Gasteiger partial charge in [0.1, 0.15) is 5.82 Å². The van der Waals surface area contributed by atoms with Crippen LogP contribution in [0.3, 0.4) is 0 Å². The van der Waals surface area contributed by atoms with Crippen LogP contribution in [0, 0.1) is 25.1 Å². The molecular weight excluding hydrogens is 309 g/mol. The molecule has 114 valence electrons. The first-order valence-corrected chi connectivity index (χ1v) is 8.03. The lowest BCUT2D eigenvalue weighted by Gasteiger charge is -2.12. The Morgan fingerprint density at radius 1 is 1.13 bits per heavy atom. The maximum Gasteiger partial charge on any atom is 0.197 e. The summed E-state index contributed by atoms with van der Waals surface area (Å²) in [5.74, 6) is 3.49. The van der Waals surface area contributed by atoms with Gasteiger partial charge in [-0.3, -0.25) is 4.57 Å². The van der Waals surface area contributed by atoms with Crippen molar-refractivity contribution in [2.75, 3.05) is 5.75 Å². The van der Waals surface area contributed by atoms with Crippen LogP contribution in [0.2, 0.25) is 0 Å². The summed E-state index contributed by atoms with van der Waals surface area (Å²) in [5, 5.41) is 9.26. The summed E-state index contributed by atoms with van der Waals surface area (Å²) in [7, 11) is 0. The SMILES string of the molecule is C#CCSc1nnc(-c2ccc(F)cc2)n1-c1ccccc1C. The molecule has 3 aromatic rings. The maximum absolute atomic E-state index is 13.2. The Morgan fingerprint density at radius 2 is 1.87 bits per heavy atom. The molecule has 23 heavy (non-hydrogen) atoms. The van der Waals surface area contributed by atoms with Crippen molar-refractivity contribution in [3.63, 3.8) is 0 Å². The zero-order valence-corrected chi connectivity index (χ0v) is 13.3. The second kappa shape index (κ2) is 6.67. The van der Waals surface area contributed by atoms with Gasteiger partial charge < -0.3 is 0 Å². The van der Waals surface area contributed by atoms with Gasteiger partial charge in [-0.15, -0.1) is 16.6 Å². The predicted molar refractivity (Wildman–Crippen MR) is 91.0 cm³/mol. The molecule has 0 spiro atoms. The minimum atomic E-state index is -0.280. The topological polar surface area (TPSA) is 30.7 Å². The van der Waals surface area contributed by atoms with Crippen molar-refractivity contribution < 1.29 is 4.39 Å². The average molecular weight is 323 g/mol. The van der Waals surface area contributed by atoms with E-state index in [1.165, 1.54) is 23.9 Å². The summed E-state index contributed by atoms with van der Waals surface area (Å²) in [6.45, 7) is 2.03. The molecule has 0 N–H and O–H groups in total. The molecule has 0 aliphatic carbocycles. The fourth-order valence-corrected chi connectivity index (χ4v) is 2.91. The third kappa shape index (κ3) is 3.13. The lowest BCUT2D eigenvalue weighted by atomic mass is 10.1. The highest BCUT2D eigenvalue weighted by molar-refractivity contribution is 7.99. The van der Waals surface area contributed by atoms with E-state index in [0.717, 1.165) is 22.0 Å². The number of aromatic nitrogens is 3. The van der Waals surface area contributed by atoms with Crippen molar-refractivity contribution in [2.45, 2.75) is 12.1 Å². The molecule has 0 saturated carbocycles. The fraction of sp³-hybridized carbons (Fsp3) is 0.111. The summed E-state index contributed by atoms with van der Waals surface area (Å²) in [5.41, 5.74) is 2.88. The lowest BCUT2D eigenvalue weighted by molar-refractivity contribution is 0.628. The van der Waals surface area contributed by atoms with Crippen LogP contribution >= 0.6 is 11.8 Å². The van der Waals surface area contributed by atoms with E-state index < -0.39 is 0 Å². The van der Waals surface area contributed by atoms with Crippen LogP contribution in [0.15, 0.2) is 53.7 Å². The van der Waals surface area contributed by atoms with Gasteiger partial charge in [-0.1, -0.05) is 35.9 Å². The molecule has 1 aromatic heterocycles. The largest absolute Gasteiger partial charge is 0.270 e. The molecule has 0 aliphatic rings. The van der Waals surface area contributed by atoms with Crippen molar-refractivity contribution in [3.05, 3.63) is 59.9 Å². The average Bonchev–Trinajstić information content (AvgIpc) is 2.98. The Hall–Kier alpha value is -2.58. The number of terminal acetylenes is 1. The highest BCUT2D eigenvalue weighted by Crippen LogP contribution is 2.29. The number of aryl methyl sites for hydroxylation is 1. The van der Waals surface area contributed by atoms with Crippen LogP contribution in [-0.2, 0) is 0 Å². The number of nitrogens with zero attached hydrogens (tertiary/aromatic N) is 3. The minimum absolute atomic E-state index is 0.280. The molecular formula is C18H14FN3S. The highest BCUT2D eigenvalue weighted by atomic mass is 32.2. The molecule has 0 saturated heterocycles. The quantitative estimate of drug-likeness (QED) is 0.535. The molecule has 2 aromatic carbocycles. The van der Waals surface area contributed by atoms with E-state index in [4.69, 9.17) is 6.42 Å². The van der Waals surface area contributed by atoms with Crippen molar-refractivity contribution in [2.24, 2.45) is 0 Å². The fourth-order valence-electron chi connectivity index (χ4n) is 2.29. The predicted octanol–water partition coefficient (Wildman–Crippen LogP) is 4.11. The van der Waals surface area contributed by atoms with E-state index in [2.05, 4.69) is 16.1 Å². The van der Waals surface area contributed by atoms with Crippen molar-refractivity contribution in [1.82, 2.24) is 14.8 Å². The lowest BCUT2D eigenvalue weighted by Crippen LogP contribution is -2.02. The van der Waals surface area contributed by atoms with E-state index in [0.29, 0.717) is 11.6 Å². The van der Waals surface area contributed by atoms with Crippen LogP contribution in [0.1, 0.15) is 5.56 Å². The van der Waals surface area contributed by atoms with Crippen molar-refractivity contribution in [1.29, 1.82) is 0 Å². The molecule has 0 fully saturated rings. The molecule has 3 nitrogen and oxygen atoms in total. The first-order chi connectivity index (χ1) is 11.2. The van der Waals surface area contributed by atoms with Gasteiger partial charge in [0.15, 0.2) is 11.0 Å². The molecule has 0 radical (unpaired) electrons. The Bertz CT molecular complexity index is 863. The number of rotatable bonds is 4. The zero-order chi connectivity index (χ0) is 16.2. The standard InChI is InChI=1S/C18H14FN3S/c1-3-12-23-18-21-20-17(14-8-10-15(19)11-9-14)22(18)16-7-5-4-6-13(16)2/h1,4-11H,12H2,2H3. The maximum atomic E-state index is 13.2. The number of hydrogen-bond acceptors (Lipinski definition) is 3. The number of para-hydroxylation sites is 1. The van der Waals surface area contributed by atoms with Crippen LogP contribution in [0.5, 0.6) is 0 Å². The molecule has 0 unspecified atom stereocenters. The van der Waals surface area contributed by atoms with Gasteiger partial charge in [-0.2, -0.15) is 0 Å². The second-order valence-electron chi connectivity index (χ2n) is 4.93. The molecule has 0 bridgehead atoms. The molecule has 1 heterocycles. The first kappa shape index (κ1) is 15.3. The van der Waals surface area contributed by atoms with Crippen LogP contribution < -0.4 is 0 Å². The van der Waals surface area contributed by atoms with Crippen LogP contribution in [-0.4, -0.2) is 20.5 Å². The number of hydrogen-bond donors (Lipinski definition) is 0. The van der Waals surface area contributed by atoms with Gasteiger partial charge >= 0.3 is 0 Å². The summed E-state index contributed by atoms with van der Waals surface area (Å²) in [4.78, 5) is 0. The van der Waals surface area contributed by atoms with Gasteiger partial charge in [0.25, 0.3) is 0 Å². The van der Waals surface area contributed by atoms with Gasteiger partial charge in [0.2, 0.25) is 0 Å². The van der Waals surface area contributed by atoms with Crippen LogP contribution in [0.4, 0.5) is 4.39 Å². The van der Waals surface area contributed by atoms with Crippen molar-refractivity contribution in [3.8, 4) is 29.4 Å². The van der Waals surface area contributed by atoms with Crippen LogP contribution in [0.25, 0.3) is 17.1 Å². The Balaban J connectivity index is 2.17. The summed E-state index contributed by atoms with van der Waals surface area (Å²) < 4.78 is 15.2. The second-order valence-corrected chi connectivity index (χ2v) is 5.87. The van der Waals surface area contributed by atoms with E-state index in [9.17, 15) is 4.39 Å². The van der Waals surface area contributed by atoms with Gasteiger partial charge in [-0.25, -0.2) is 4.39 Å². The number of benzene rings is 2. The summed E-state index contributed by atoms with van der Waals surface area (Å²) in [6.07, 6.45) is 5.36. The molecule has 3 rings (SSSR count). The van der Waals surface area contributed by atoms with E-state index >= 15 is 0 Å². The third-order valence-corrected chi connectivity index (χ3v) is 4.21. The molecule has 5 heteroatoms. The molecule has 0 aliphatic heterocycles.